The third kappa shape index (κ3) is 3.32. The quantitative estimate of drug-likeness (QED) is 0.890. The maximum atomic E-state index is 3.54. The van der Waals surface area contributed by atoms with Crippen molar-refractivity contribution in [1.29, 1.82) is 0 Å². The standard InChI is InChI=1S/C18H24N2/c1-13-6-7-14(2)16(10-13)12-19-18-9-8-17(20(4)5)11-15(18)3/h6-11,19H,12H2,1-5H3. The fourth-order valence-corrected chi connectivity index (χ4v) is 2.31. The van der Waals surface area contributed by atoms with Gasteiger partial charge in [0, 0.05) is 32.0 Å². The van der Waals surface area contributed by atoms with Gasteiger partial charge in [0.15, 0.2) is 0 Å². The molecule has 0 amide bonds. The molecule has 106 valence electrons. The molecule has 0 unspecified atom stereocenters. The van der Waals surface area contributed by atoms with E-state index in [9.17, 15) is 0 Å². The number of benzene rings is 2. The van der Waals surface area contributed by atoms with Gasteiger partial charge >= 0.3 is 0 Å². The van der Waals surface area contributed by atoms with Crippen molar-refractivity contribution in [3.63, 3.8) is 0 Å². The van der Waals surface area contributed by atoms with E-state index in [2.05, 4.69) is 81.5 Å². The molecule has 20 heavy (non-hydrogen) atoms. The van der Waals surface area contributed by atoms with Crippen LogP contribution < -0.4 is 10.2 Å². The van der Waals surface area contributed by atoms with Crippen molar-refractivity contribution in [3.05, 3.63) is 58.7 Å². The lowest BCUT2D eigenvalue weighted by Gasteiger charge is -2.16. The molecule has 0 spiro atoms. The lowest BCUT2D eigenvalue weighted by atomic mass is 10.1. The minimum atomic E-state index is 0.871. The van der Waals surface area contributed by atoms with E-state index in [0.29, 0.717) is 0 Å². The lowest BCUT2D eigenvalue weighted by Crippen LogP contribution is -2.09. The SMILES string of the molecule is Cc1ccc(C)c(CNc2ccc(N(C)C)cc2C)c1. The molecule has 0 saturated carbocycles. The van der Waals surface area contributed by atoms with Crippen molar-refractivity contribution in [2.24, 2.45) is 0 Å². The van der Waals surface area contributed by atoms with Gasteiger partial charge < -0.3 is 10.2 Å². The van der Waals surface area contributed by atoms with E-state index in [-0.39, 0.29) is 0 Å². The molecule has 0 aromatic heterocycles. The zero-order valence-corrected chi connectivity index (χ0v) is 13.1. The van der Waals surface area contributed by atoms with Crippen molar-refractivity contribution in [3.8, 4) is 0 Å². The third-order valence-corrected chi connectivity index (χ3v) is 3.70. The Labute approximate surface area is 122 Å². The Balaban J connectivity index is 2.13. The second kappa shape index (κ2) is 6.00. The molecular weight excluding hydrogens is 244 g/mol. The molecule has 0 radical (unpaired) electrons. The topological polar surface area (TPSA) is 15.3 Å². The Bertz CT molecular complexity index is 600. The number of anilines is 2. The summed E-state index contributed by atoms with van der Waals surface area (Å²) in [5, 5.41) is 3.54. The van der Waals surface area contributed by atoms with E-state index in [4.69, 9.17) is 0 Å². The molecule has 2 nitrogen and oxygen atoms in total. The monoisotopic (exact) mass is 268 g/mol. The average Bonchev–Trinajstić information content (AvgIpc) is 2.40. The molecule has 1 N–H and O–H groups in total. The van der Waals surface area contributed by atoms with Crippen molar-refractivity contribution in [2.45, 2.75) is 27.3 Å². The molecule has 0 bridgehead atoms. The first-order valence-electron chi connectivity index (χ1n) is 7.05. The van der Waals surface area contributed by atoms with Gasteiger partial charge in [-0.3, -0.25) is 0 Å². The zero-order valence-electron chi connectivity index (χ0n) is 13.1. The Morgan fingerprint density at radius 1 is 0.900 bits per heavy atom. The second-order valence-corrected chi connectivity index (χ2v) is 5.68. The van der Waals surface area contributed by atoms with Gasteiger partial charge in [0.2, 0.25) is 0 Å². The van der Waals surface area contributed by atoms with E-state index in [1.807, 2.05) is 0 Å². The molecule has 0 atom stereocenters. The molecule has 0 aliphatic carbocycles. The number of aryl methyl sites for hydroxylation is 3. The number of nitrogens with zero attached hydrogens (tertiary/aromatic N) is 1. The van der Waals surface area contributed by atoms with E-state index in [1.165, 1.54) is 33.6 Å². The minimum Gasteiger partial charge on any atom is -0.381 e. The van der Waals surface area contributed by atoms with Gasteiger partial charge in [0.25, 0.3) is 0 Å². The van der Waals surface area contributed by atoms with Crippen LogP contribution in [0.1, 0.15) is 22.3 Å². The molecule has 0 aliphatic rings. The van der Waals surface area contributed by atoms with Gasteiger partial charge in [-0.15, -0.1) is 0 Å². The number of rotatable bonds is 4. The van der Waals surface area contributed by atoms with Gasteiger partial charge in [-0.2, -0.15) is 0 Å². The molecule has 0 heterocycles. The van der Waals surface area contributed by atoms with Crippen molar-refractivity contribution in [1.82, 2.24) is 0 Å². The number of hydrogen-bond donors (Lipinski definition) is 1. The van der Waals surface area contributed by atoms with Crippen LogP contribution in [0.2, 0.25) is 0 Å². The van der Waals surface area contributed by atoms with Crippen LogP contribution >= 0.6 is 0 Å². The first-order valence-corrected chi connectivity index (χ1v) is 7.05. The molecule has 0 aliphatic heterocycles. The van der Waals surface area contributed by atoms with E-state index < -0.39 is 0 Å². The molecule has 0 saturated heterocycles. The predicted molar refractivity (Wildman–Crippen MR) is 88.7 cm³/mol. The van der Waals surface area contributed by atoms with Crippen molar-refractivity contribution >= 4 is 11.4 Å². The van der Waals surface area contributed by atoms with Gasteiger partial charge in [-0.1, -0.05) is 23.8 Å². The normalized spacial score (nSPS) is 10.4. The van der Waals surface area contributed by atoms with Crippen LogP contribution in [0, 0.1) is 20.8 Å². The first kappa shape index (κ1) is 14.4. The lowest BCUT2D eigenvalue weighted by molar-refractivity contribution is 1.09. The Morgan fingerprint density at radius 3 is 2.30 bits per heavy atom. The zero-order chi connectivity index (χ0) is 14.7. The maximum absolute atomic E-state index is 3.54. The van der Waals surface area contributed by atoms with E-state index in [1.54, 1.807) is 0 Å². The summed E-state index contributed by atoms with van der Waals surface area (Å²) in [6.45, 7) is 7.33. The highest BCUT2D eigenvalue weighted by atomic mass is 15.1. The van der Waals surface area contributed by atoms with Crippen LogP contribution in [0.3, 0.4) is 0 Å². The van der Waals surface area contributed by atoms with Crippen LogP contribution in [0.5, 0.6) is 0 Å². The summed E-state index contributed by atoms with van der Waals surface area (Å²) in [5.74, 6) is 0. The fraction of sp³-hybridized carbons (Fsp3) is 0.333. The largest absolute Gasteiger partial charge is 0.381 e. The van der Waals surface area contributed by atoms with Crippen molar-refractivity contribution < 1.29 is 0 Å². The highest BCUT2D eigenvalue weighted by molar-refractivity contribution is 5.60. The van der Waals surface area contributed by atoms with E-state index in [0.717, 1.165) is 6.54 Å². The van der Waals surface area contributed by atoms with Gasteiger partial charge in [-0.25, -0.2) is 0 Å². The summed E-state index contributed by atoms with van der Waals surface area (Å²) in [6.07, 6.45) is 0. The Hall–Kier alpha value is -1.96. The van der Waals surface area contributed by atoms with Crippen LogP contribution in [0.25, 0.3) is 0 Å². The summed E-state index contributed by atoms with van der Waals surface area (Å²) in [5.41, 5.74) is 7.73. The van der Waals surface area contributed by atoms with E-state index >= 15 is 0 Å². The average molecular weight is 268 g/mol. The molecule has 2 aromatic rings. The third-order valence-electron chi connectivity index (χ3n) is 3.70. The van der Waals surface area contributed by atoms with Crippen LogP contribution in [0.4, 0.5) is 11.4 Å². The van der Waals surface area contributed by atoms with Gasteiger partial charge in [0.05, 0.1) is 0 Å². The van der Waals surface area contributed by atoms with Crippen LogP contribution in [0.15, 0.2) is 36.4 Å². The highest BCUT2D eigenvalue weighted by Crippen LogP contribution is 2.22. The van der Waals surface area contributed by atoms with Gasteiger partial charge in [-0.05, 0) is 55.7 Å². The molecule has 2 heteroatoms. The predicted octanol–water partition coefficient (Wildman–Crippen LogP) is 4.29. The second-order valence-electron chi connectivity index (χ2n) is 5.68. The Morgan fingerprint density at radius 2 is 1.65 bits per heavy atom. The molecular formula is C18H24N2. The maximum Gasteiger partial charge on any atom is 0.0403 e. The summed E-state index contributed by atoms with van der Waals surface area (Å²) in [7, 11) is 4.13. The number of hydrogen-bond acceptors (Lipinski definition) is 2. The summed E-state index contributed by atoms with van der Waals surface area (Å²) < 4.78 is 0. The van der Waals surface area contributed by atoms with Crippen LogP contribution in [-0.4, -0.2) is 14.1 Å². The Kier molecular flexibility index (Phi) is 4.33. The molecule has 2 rings (SSSR count). The van der Waals surface area contributed by atoms with Gasteiger partial charge in [0.1, 0.15) is 0 Å². The summed E-state index contributed by atoms with van der Waals surface area (Å²) in [4.78, 5) is 2.13. The van der Waals surface area contributed by atoms with Crippen LogP contribution in [-0.2, 0) is 6.54 Å². The minimum absolute atomic E-state index is 0.871. The fourth-order valence-electron chi connectivity index (χ4n) is 2.31. The van der Waals surface area contributed by atoms with Crippen molar-refractivity contribution in [2.75, 3.05) is 24.3 Å². The summed E-state index contributed by atoms with van der Waals surface area (Å²) >= 11 is 0. The number of nitrogens with one attached hydrogen (secondary N) is 1. The molecule has 0 fully saturated rings. The summed E-state index contributed by atoms with van der Waals surface area (Å²) in [6, 6.07) is 13.1. The highest BCUT2D eigenvalue weighted by Gasteiger charge is 2.03. The smallest absolute Gasteiger partial charge is 0.0403 e. The molecule has 2 aromatic carbocycles. The first-order chi connectivity index (χ1) is 9.47.